The maximum Gasteiger partial charge on any atom is 0.166 e. The maximum absolute atomic E-state index is 6.19. The van der Waals surface area contributed by atoms with Gasteiger partial charge in [0.1, 0.15) is 29.4 Å². The van der Waals surface area contributed by atoms with Crippen LogP contribution in [0.25, 0.3) is 50.5 Å². The van der Waals surface area contributed by atoms with Gasteiger partial charge in [-0.3, -0.25) is 19.6 Å². The normalized spacial score (nSPS) is 14.5. The molecule has 6 aromatic rings. The Hall–Kier alpha value is -4.64. The summed E-state index contributed by atoms with van der Waals surface area (Å²) in [7, 11) is 0. The monoisotopic (exact) mass is 492 g/mol. The third-order valence-corrected chi connectivity index (χ3v) is 6.61. The van der Waals surface area contributed by atoms with Crippen LogP contribution in [-0.2, 0) is 0 Å². The van der Waals surface area contributed by atoms with E-state index in [4.69, 9.17) is 9.72 Å². The summed E-state index contributed by atoms with van der Waals surface area (Å²) < 4.78 is 8.06. The molecule has 1 aliphatic rings. The number of nitrogens with one attached hydrogen (secondary N) is 3. The lowest BCUT2D eigenvalue weighted by atomic mass is 10.1. The van der Waals surface area contributed by atoms with Gasteiger partial charge in [0, 0.05) is 29.5 Å². The summed E-state index contributed by atoms with van der Waals surface area (Å²) in [6.45, 7) is 3.89. The van der Waals surface area contributed by atoms with Gasteiger partial charge in [-0.25, -0.2) is 15.0 Å². The number of rotatable bonds is 5. The van der Waals surface area contributed by atoms with Crippen LogP contribution in [0.2, 0.25) is 0 Å². The van der Waals surface area contributed by atoms with Crippen LogP contribution in [0.3, 0.4) is 0 Å². The van der Waals surface area contributed by atoms with Crippen molar-refractivity contribution < 1.29 is 4.74 Å². The van der Waals surface area contributed by atoms with Gasteiger partial charge in [-0.05, 0) is 51.1 Å². The number of pyridine rings is 3. The molecule has 184 valence electrons. The predicted molar refractivity (Wildman–Crippen MR) is 138 cm³/mol. The lowest BCUT2D eigenvalue weighted by molar-refractivity contribution is 0.162. The zero-order valence-corrected chi connectivity index (χ0v) is 20.1. The molecule has 7 rings (SSSR count). The van der Waals surface area contributed by atoms with Crippen molar-refractivity contribution in [3.63, 3.8) is 0 Å². The number of imidazole rings is 2. The molecule has 0 spiro atoms. The van der Waals surface area contributed by atoms with E-state index in [1.54, 1.807) is 31.1 Å². The van der Waals surface area contributed by atoms with E-state index in [1.165, 1.54) is 0 Å². The average molecular weight is 493 g/mol. The highest BCUT2D eigenvalue weighted by Gasteiger charge is 2.18. The molecule has 0 bridgehead atoms. The molecular formula is C26H24N10O. The van der Waals surface area contributed by atoms with Crippen LogP contribution in [0.5, 0.6) is 5.75 Å². The average Bonchev–Trinajstić information content (AvgIpc) is 3.66. The quantitative estimate of drug-likeness (QED) is 0.332. The van der Waals surface area contributed by atoms with Crippen LogP contribution in [0.4, 0.5) is 0 Å². The van der Waals surface area contributed by atoms with Crippen LogP contribution in [0.1, 0.15) is 18.5 Å². The van der Waals surface area contributed by atoms with Crippen molar-refractivity contribution in [1.82, 2.24) is 50.0 Å². The number of nitrogens with zero attached hydrogens (tertiary/aromatic N) is 7. The highest BCUT2D eigenvalue weighted by atomic mass is 16.5. The molecule has 11 nitrogen and oxygen atoms in total. The van der Waals surface area contributed by atoms with Crippen molar-refractivity contribution in [3.8, 4) is 34.3 Å². The first kappa shape index (κ1) is 21.6. The van der Waals surface area contributed by atoms with Crippen molar-refractivity contribution in [2.45, 2.75) is 25.9 Å². The number of H-pyrrole nitrogens is 2. The summed E-state index contributed by atoms with van der Waals surface area (Å²) in [5.41, 5.74) is 5.71. The van der Waals surface area contributed by atoms with Gasteiger partial charge in [0.25, 0.3) is 0 Å². The molecule has 3 N–H and O–H groups in total. The molecule has 0 unspecified atom stereocenters. The Kier molecular flexibility index (Phi) is 5.14. The Bertz CT molecular complexity index is 1730. The molecule has 0 radical (unpaired) electrons. The smallest absolute Gasteiger partial charge is 0.166 e. The maximum atomic E-state index is 6.19. The van der Waals surface area contributed by atoms with E-state index in [-0.39, 0.29) is 6.10 Å². The van der Waals surface area contributed by atoms with Gasteiger partial charge >= 0.3 is 0 Å². The zero-order valence-electron chi connectivity index (χ0n) is 20.1. The summed E-state index contributed by atoms with van der Waals surface area (Å²) in [5, 5.41) is 11.9. The molecule has 11 heteroatoms. The number of aromatic nitrogens is 9. The molecule has 1 fully saturated rings. The number of piperidine rings is 1. The first-order valence-corrected chi connectivity index (χ1v) is 12.2. The van der Waals surface area contributed by atoms with Gasteiger partial charge in [0.05, 0.1) is 34.8 Å². The predicted octanol–water partition coefficient (Wildman–Crippen LogP) is 3.58. The van der Waals surface area contributed by atoms with Gasteiger partial charge < -0.3 is 15.0 Å². The fourth-order valence-electron chi connectivity index (χ4n) is 4.74. The Labute approximate surface area is 211 Å². The molecule has 1 aliphatic heterocycles. The SMILES string of the molecule is Cc1cn(-c2nccc3[nH]c(-c4n[nH]c5cnc(-c6cncc(OC7CCNCC7)c6)cc45)nc23)cn1. The van der Waals surface area contributed by atoms with Crippen molar-refractivity contribution >= 4 is 21.9 Å². The molecule has 0 aliphatic carbocycles. The molecule has 0 aromatic carbocycles. The lowest BCUT2D eigenvalue weighted by Gasteiger charge is -2.23. The number of ether oxygens (including phenoxy) is 1. The van der Waals surface area contributed by atoms with Crippen LogP contribution in [0.15, 0.2) is 55.5 Å². The Morgan fingerprint density at radius 3 is 2.81 bits per heavy atom. The molecule has 37 heavy (non-hydrogen) atoms. The van der Waals surface area contributed by atoms with E-state index >= 15 is 0 Å². The number of hydrogen-bond acceptors (Lipinski definition) is 8. The van der Waals surface area contributed by atoms with E-state index in [9.17, 15) is 0 Å². The number of aryl methyl sites for hydroxylation is 1. The molecule has 0 saturated carbocycles. The fraction of sp³-hybridized carbons (Fsp3) is 0.231. The highest BCUT2D eigenvalue weighted by molar-refractivity contribution is 5.95. The minimum Gasteiger partial charge on any atom is -0.489 e. The fourth-order valence-corrected chi connectivity index (χ4v) is 4.74. The molecule has 6 aromatic heterocycles. The van der Waals surface area contributed by atoms with Crippen molar-refractivity contribution in [3.05, 3.63) is 61.2 Å². The van der Waals surface area contributed by atoms with Crippen LogP contribution < -0.4 is 10.1 Å². The second-order valence-electron chi connectivity index (χ2n) is 9.20. The third-order valence-electron chi connectivity index (χ3n) is 6.61. The highest BCUT2D eigenvalue weighted by Crippen LogP contribution is 2.31. The van der Waals surface area contributed by atoms with Crippen molar-refractivity contribution in [2.75, 3.05) is 13.1 Å². The van der Waals surface area contributed by atoms with Crippen molar-refractivity contribution in [2.24, 2.45) is 0 Å². The largest absolute Gasteiger partial charge is 0.489 e. The second kappa shape index (κ2) is 8.79. The first-order chi connectivity index (χ1) is 18.2. The van der Waals surface area contributed by atoms with Crippen LogP contribution in [0, 0.1) is 6.92 Å². The molecule has 0 atom stereocenters. The molecular weight excluding hydrogens is 468 g/mol. The Morgan fingerprint density at radius 1 is 1.03 bits per heavy atom. The lowest BCUT2D eigenvalue weighted by Crippen LogP contribution is -2.34. The minimum absolute atomic E-state index is 0.202. The van der Waals surface area contributed by atoms with Gasteiger partial charge in [-0.1, -0.05) is 0 Å². The van der Waals surface area contributed by atoms with E-state index < -0.39 is 0 Å². The van der Waals surface area contributed by atoms with E-state index in [0.29, 0.717) is 17.3 Å². The third kappa shape index (κ3) is 3.99. The summed E-state index contributed by atoms with van der Waals surface area (Å²) in [6.07, 6.45) is 12.9. The first-order valence-electron chi connectivity index (χ1n) is 12.2. The van der Waals surface area contributed by atoms with E-state index in [0.717, 1.165) is 70.6 Å². The summed E-state index contributed by atoms with van der Waals surface area (Å²) in [4.78, 5) is 26.2. The van der Waals surface area contributed by atoms with Crippen molar-refractivity contribution in [1.29, 1.82) is 0 Å². The number of fused-ring (bicyclic) bond motifs is 2. The summed E-state index contributed by atoms with van der Waals surface area (Å²) in [5.74, 6) is 2.11. The van der Waals surface area contributed by atoms with Gasteiger partial charge in [0.2, 0.25) is 0 Å². The molecule has 1 saturated heterocycles. The van der Waals surface area contributed by atoms with Crippen LogP contribution >= 0.6 is 0 Å². The van der Waals surface area contributed by atoms with Gasteiger partial charge in [0.15, 0.2) is 11.6 Å². The topological polar surface area (TPSA) is 135 Å². The van der Waals surface area contributed by atoms with Gasteiger partial charge in [-0.15, -0.1) is 0 Å². The minimum atomic E-state index is 0.202. The molecule has 0 amide bonds. The summed E-state index contributed by atoms with van der Waals surface area (Å²) >= 11 is 0. The standard InChI is InChI=1S/C26H24N10O/c1-15-13-36(14-31-15)26-24-20(4-7-29-26)32-25(33-24)23-19-9-21(30-12-22(19)34-35-23)16-8-18(11-28-10-16)37-17-2-5-27-6-3-17/h4,7-14,17,27H,2-3,5-6H2,1H3,(H,32,33)(H,34,35). The second-order valence-corrected chi connectivity index (χ2v) is 9.20. The zero-order chi connectivity index (χ0) is 24.8. The Morgan fingerprint density at radius 2 is 1.95 bits per heavy atom. The Balaban J connectivity index is 1.26. The van der Waals surface area contributed by atoms with Gasteiger partial charge in [-0.2, -0.15) is 5.10 Å². The van der Waals surface area contributed by atoms with E-state index in [2.05, 4.69) is 40.4 Å². The number of hydrogen-bond donors (Lipinski definition) is 3. The summed E-state index contributed by atoms with van der Waals surface area (Å²) in [6, 6.07) is 5.90. The molecule has 7 heterocycles. The van der Waals surface area contributed by atoms with E-state index in [1.807, 2.05) is 35.9 Å². The van der Waals surface area contributed by atoms with Crippen LogP contribution in [-0.4, -0.2) is 63.9 Å². The number of aromatic amines is 2.